The highest BCUT2D eigenvalue weighted by atomic mass is 16.5. The highest BCUT2D eigenvalue weighted by Gasteiger charge is 2.21. The van der Waals surface area contributed by atoms with Gasteiger partial charge >= 0.3 is 0 Å². The van der Waals surface area contributed by atoms with E-state index in [0.717, 1.165) is 39.3 Å². The van der Waals surface area contributed by atoms with Crippen molar-refractivity contribution in [1.29, 1.82) is 0 Å². The van der Waals surface area contributed by atoms with E-state index in [-0.39, 0.29) is 5.54 Å². The summed E-state index contributed by atoms with van der Waals surface area (Å²) in [5.74, 6) is 0. The van der Waals surface area contributed by atoms with Gasteiger partial charge in [-0.15, -0.1) is 0 Å². The zero-order valence-corrected chi connectivity index (χ0v) is 8.38. The number of hydrogen-bond donors (Lipinski definition) is 1. The Labute approximate surface area is 79.2 Å². The van der Waals surface area contributed by atoms with Crippen LogP contribution in [0.15, 0.2) is 0 Å². The molecule has 0 aromatic rings. The van der Waals surface area contributed by atoms with E-state index in [1.165, 1.54) is 0 Å². The lowest BCUT2D eigenvalue weighted by Gasteiger charge is -2.34. The topological polar surface area (TPSA) is 41.6 Å². The first kappa shape index (κ1) is 10.5. The molecule has 0 spiro atoms. The zero-order valence-electron chi connectivity index (χ0n) is 8.38. The Hall–Kier alpha value is -0.610. The molecule has 1 amide bonds. The summed E-state index contributed by atoms with van der Waals surface area (Å²) >= 11 is 0. The molecule has 4 heteroatoms. The highest BCUT2D eigenvalue weighted by molar-refractivity contribution is 5.47. The standard InChI is InChI=1S/C9H18N2O2/c1-9(2,10-8-12)7-11-3-5-13-6-4-11/h8H,3-7H2,1-2H3,(H,10,12). The highest BCUT2D eigenvalue weighted by Crippen LogP contribution is 2.06. The normalized spacial score (nSPS) is 19.8. The lowest BCUT2D eigenvalue weighted by atomic mass is 10.1. The van der Waals surface area contributed by atoms with E-state index in [0.29, 0.717) is 0 Å². The molecule has 0 bridgehead atoms. The maximum absolute atomic E-state index is 10.3. The third-order valence-electron chi connectivity index (χ3n) is 2.17. The molecule has 1 N–H and O–H groups in total. The second-order valence-corrected chi connectivity index (χ2v) is 4.03. The van der Waals surface area contributed by atoms with Crippen LogP contribution in [0.25, 0.3) is 0 Å². The van der Waals surface area contributed by atoms with Gasteiger partial charge in [0.05, 0.1) is 13.2 Å². The number of hydrogen-bond acceptors (Lipinski definition) is 3. The number of carbonyl (C=O) groups is 1. The molecular formula is C9H18N2O2. The number of morpholine rings is 1. The van der Waals surface area contributed by atoms with Crippen molar-refractivity contribution < 1.29 is 9.53 Å². The molecule has 0 unspecified atom stereocenters. The zero-order chi connectivity index (χ0) is 9.73. The number of ether oxygens (including phenoxy) is 1. The lowest BCUT2D eigenvalue weighted by Crippen LogP contribution is -2.51. The first-order chi connectivity index (χ1) is 6.14. The number of carbonyl (C=O) groups excluding carboxylic acids is 1. The SMILES string of the molecule is CC(C)(CN1CCOCC1)NC=O. The average molecular weight is 186 g/mol. The van der Waals surface area contributed by atoms with Gasteiger partial charge in [0.1, 0.15) is 0 Å². The molecular weight excluding hydrogens is 168 g/mol. The second kappa shape index (κ2) is 4.58. The third kappa shape index (κ3) is 3.74. The summed E-state index contributed by atoms with van der Waals surface area (Å²) in [6, 6.07) is 0. The molecule has 1 heterocycles. The van der Waals surface area contributed by atoms with Crippen molar-refractivity contribution in [2.24, 2.45) is 0 Å². The smallest absolute Gasteiger partial charge is 0.207 e. The molecule has 76 valence electrons. The molecule has 1 fully saturated rings. The van der Waals surface area contributed by atoms with Crippen LogP contribution in [0.5, 0.6) is 0 Å². The fourth-order valence-electron chi connectivity index (χ4n) is 1.52. The summed E-state index contributed by atoms with van der Waals surface area (Å²) in [5.41, 5.74) is -0.140. The van der Waals surface area contributed by atoms with Gasteiger partial charge in [-0.25, -0.2) is 0 Å². The Bertz CT molecular complexity index is 165. The molecule has 13 heavy (non-hydrogen) atoms. The van der Waals surface area contributed by atoms with Crippen LogP contribution in [0.1, 0.15) is 13.8 Å². The van der Waals surface area contributed by atoms with Gasteiger partial charge in [-0.1, -0.05) is 0 Å². The average Bonchev–Trinajstić information content (AvgIpc) is 2.04. The first-order valence-corrected chi connectivity index (χ1v) is 4.65. The predicted molar refractivity (Wildman–Crippen MR) is 50.5 cm³/mol. The fraction of sp³-hybridized carbons (Fsp3) is 0.889. The summed E-state index contributed by atoms with van der Waals surface area (Å²) in [5, 5.41) is 2.81. The Balaban J connectivity index is 2.32. The van der Waals surface area contributed by atoms with E-state index in [1.54, 1.807) is 0 Å². The number of nitrogens with one attached hydrogen (secondary N) is 1. The third-order valence-corrected chi connectivity index (χ3v) is 2.17. The molecule has 0 radical (unpaired) electrons. The minimum atomic E-state index is -0.140. The van der Waals surface area contributed by atoms with Crippen molar-refractivity contribution in [2.75, 3.05) is 32.8 Å². The van der Waals surface area contributed by atoms with E-state index in [4.69, 9.17) is 4.74 Å². The van der Waals surface area contributed by atoms with E-state index < -0.39 is 0 Å². The molecule has 4 nitrogen and oxygen atoms in total. The molecule has 0 aromatic heterocycles. The van der Waals surface area contributed by atoms with Gasteiger partial charge in [0.25, 0.3) is 0 Å². The van der Waals surface area contributed by atoms with Crippen molar-refractivity contribution >= 4 is 6.41 Å². The summed E-state index contributed by atoms with van der Waals surface area (Å²) in [4.78, 5) is 12.6. The Morgan fingerprint density at radius 1 is 1.46 bits per heavy atom. The van der Waals surface area contributed by atoms with Crippen LogP contribution >= 0.6 is 0 Å². The van der Waals surface area contributed by atoms with Gasteiger partial charge in [-0.2, -0.15) is 0 Å². The maximum atomic E-state index is 10.3. The van der Waals surface area contributed by atoms with Crippen LogP contribution < -0.4 is 5.32 Å². The lowest BCUT2D eigenvalue weighted by molar-refractivity contribution is -0.111. The summed E-state index contributed by atoms with van der Waals surface area (Å²) in [6.45, 7) is 8.46. The number of nitrogens with zero attached hydrogens (tertiary/aromatic N) is 1. The summed E-state index contributed by atoms with van der Waals surface area (Å²) in [6.07, 6.45) is 0.764. The molecule has 1 aliphatic rings. The predicted octanol–water partition coefficient (Wildman–Crippen LogP) is -0.157. The van der Waals surface area contributed by atoms with E-state index in [9.17, 15) is 4.79 Å². The van der Waals surface area contributed by atoms with Gasteiger partial charge < -0.3 is 10.1 Å². The molecule has 0 atom stereocenters. The van der Waals surface area contributed by atoms with Crippen LogP contribution in [-0.4, -0.2) is 49.7 Å². The Morgan fingerprint density at radius 3 is 2.62 bits per heavy atom. The first-order valence-electron chi connectivity index (χ1n) is 4.65. The number of amides is 1. The van der Waals surface area contributed by atoms with Crippen molar-refractivity contribution in [3.05, 3.63) is 0 Å². The maximum Gasteiger partial charge on any atom is 0.207 e. The van der Waals surface area contributed by atoms with Crippen molar-refractivity contribution in [3.63, 3.8) is 0 Å². The Morgan fingerprint density at radius 2 is 2.08 bits per heavy atom. The molecule has 0 aliphatic carbocycles. The van der Waals surface area contributed by atoms with E-state index in [2.05, 4.69) is 10.2 Å². The van der Waals surface area contributed by atoms with Gasteiger partial charge in [0, 0.05) is 25.2 Å². The molecule has 0 saturated carbocycles. The fourth-order valence-corrected chi connectivity index (χ4v) is 1.52. The van der Waals surface area contributed by atoms with Crippen LogP contribution in [-0.2, 0) is 9.53 Å². The van der Waals surface area contributed by atoms with E-state index >= 15 is 0 Å². The summed E-state index contributed by atoms with van der Waals surface area (Å²) < 4.78 is 5.24. The molecule has 1 aliphatic heterocycles. The largest absolute Gasteiger partial charge is 0.379 e. The van der Waals surface area contributed by atoms with Gasteiger partial charge in [0.2, 0.25) is 6.41 Å². The van der Waals surface area contributed by atoms with Gasteiger partial charge in [-0.3, -0.25) is 9.69 Å². The summed E-state index contributed by atoms with van der Waals surface area (Å²) in [7, 11) is 0. The van der Waals surface area contributed by atoms with Crippen LogP contribution in [0, 0.1) is 0 Å². The van der Waals surface area contributed by atoms with Crippen LogP contribution in [0.2, 0.25) is 0 Å². The van der Waals surface area contributed by atoms with Crippen LogP contribution in [0.3, 0.4) is 0 Å². The monoisotopic (exact) mass is 186 g/mol. The van der Waals surface area contributed by atoms with E-state index in [1.807, 2.05) is 13.8 Å². The van der Waals surface area contributed by atoms with Crippen molar-refractivity contribution in [3.8, 4) is 0 Å². The quantitative estimate of drug-likeness (QED) is 0.620. The van der Waals surface area contributed by atoms with Crippen molar-refractivity contribution in [2.45, 2.75) is 19.4 Å². The van der Waals surface area contributed by atoms with Gasteiger partial charge in [-0.05, 0) is 13.8 Å². The second-order valence-electron chi connectivity index (χ2n) is 4.03. The van der Waals surface area contributed by atoms with Crippen LogP contribution in [0.4, 0.5) is 0 Å². The molecule has 1 rings (SSSR count). The minimum Gasteiger partial charge on any atom is -0.379 e. The van der Waals surface area contributed by atoms with Gasteiger partial charge in [0.15, 0.2) is 0 Å². The number of rotatable bonds is 4. The molecule has 0 aromatic carbocycles. The van der Waals surface area contributed by atoms with Crippen molar-refractivity contribution in [1.82, 2.24) is 10.2 Å². The molecule has 1 saturated heterocycles. The Kier molecular flexibility index (Phi) is 3.69. The minimum absolute atomic E-state index is 0.140.